The average Bonchev–Trinajstić information content (AvgIpc) is 2.87. The summed E-state index contributed by atoms with van der Waals surface area (Å²) in [5.74, 6) is 1.84. The maximum atomic E-state index is 12.4. The molecule has 1 aromatic rings. The molecule has 0 radical (unpaired) electrons. The molecular weight excluding hydrogens is 262 g/mol. The van der Waals surface area contributed by atoms with Crippen LogP contribution in [0, 0.1) is 11.8 Å². The third-order valence-corrected chi connectivity index (χ3v) is 4.07. The van der Waals surface area contributed by atoms with E-state index in [1.165, 1.54) is 0 Å². The quantitative estimate of drug-likeness (QED) is 0.927. The van der Waals surface area contributed by atoms with E-state index in [2.05, 4.69) is 24.1 Å². The van der Waals surface area contributed by atoms with Crippen molar-refractivity contribution >= 4 is 23.3 Å². The lowest BCUT2D eigenvalue weighted by atomic mass is 9.95. The highest BCUT2D eigenvalue weighted by atomic mass is 35.5. The van der Waals surface area contributed by atoms with Crippen molar-refractivity contribution in [3.05, 3.63) is 22.8 Å². The number of carbonyl (C=O) groups excluding carboxylic acids is 1. The second-order valence-electron chi connectivity index (χ2n) is 5.35. The Morgan fingerprint density at radius 2 is 2.32 bits per heavy atom. The lowest BCUT2D eigenvalue weighted by Gasteiger charge is -2.18. The molecule has 2 heterocycles. The number of hydrogen-bond acceptors (Lipinski definition) is 3. The van der Waals surface area contributed by atoms with Crippen molar-refractivity contribution < 1.29 is 4.79 Å². The second-order valence-corrected chi connectivity index (χ2v) is 5.76. The smallest absolute Gasteiger partial charge is 0.255 e. The Balaban J connectivity index is 2.10. The summed E-state index contributed by atoms with van der Waals surface area (Å²) >= 11 is 6.06. The number of halogens is 1. The number of rotatable bonds is 3. The predicted molar refractivity (Wildman–Crippen MR) is 77.6 cm³/mol. The van der Waals surface area contributed by atoms with Crippen molar-refractivity contribution in [3.8, 4) is 0 Å². The van der Waals surface area contributed by atoms with E-state index in [4.69, 9.17) is 11.6 Å². The molecule has 4 nitrogen and oxygen atoms in total. The summed E-state index contributed by atoms with van der Waals surface area (Å²) in [6.07, 6.45) is 2.67. The van der Waals surface area contributed by atoms with Crippen LogP contribution in [0.3, 0.4) is 0 Å². The van der Waals surface area contributed by atoms with Crippen LogP contribution in [-0.4, -0.2) is 35.9 Å². The summed E-state index contributed by atoms with van der Waals surface area (Å²) in [7, 11) is 1.75. The molecule has 1 atom stereocenters. The van der Waals surface area contributed by atoms with Gasteiger partial charge in [-0.25, -0.2) is 4.98 Å². The summed E-state index contributed by atoms with van der Waals surface area (Å²) < 4.78 is 0. The van der Waals surface area contributed by atoms with Gasteiger partial charge in [-0.05, 0) is 24.3 Å². The van der Waals surface area contributed by atoms with Crippen molar-refractivity contribution in [2.75, 3.05) is 25.5 Å². The van der Waals surface area contributed by atoms with Crippen LogP contribution in [-0.2, 0) is 0 Å². The van der Waals surface area contributed by atoms with Gasteiger partial charge in [-0.1, -0.05) is 25.4 Å². The number of nitrogens with one attached hydrogen (secondary N) is 1. The molecule has 1 aliphatic rings. The lowest BCUT2D eigenvalue weighted by Crippen LogP contribution is -2.29. The van der Waals surface area contributed by atoms with E-state index in [0.717, 1.165) is 19.5 Å². The molecule has 0 aromatic carbocycles. The van der Waals surface area contributed by atoms with Crippen LogP contribution < -0.4 is 5.32 Å². The Hall–Kier alpha value is -1.29. The maximum absolute atomic E-state index is 12.4. The first-order valence-corrected chi connectivity index (χ1v) is 7.03. The summed E-state index contributed by atoms with van der Waals surface area (Å²) in [5, 5.41) is 3.36. The number of carbonyl (C=O) groups is 1. The van der Waals surface area contributed by atoms with E-state index in [-0.39, 0.29) is 5.91 Å². The molecule has 5 heteroatoms. The maximum Gasteiger partial charge on any atom is 0.255 e. The Kier molecular flexibility index (Phi) is 4.30. The average molecular weight is 282 g/mol. The van der Waals surface area contributed by atoms with Gasteiger partial charge in [-0.2, -0.15) is 0 Å². The summed E-state index contributed by atoms with van der Waals surface area (Å²) in [6, 6.07) is 1.69. The van der Waals surface area contributed by atoms with E-state index in [1.54, 1.807) is 19.3 Å². The van der Waals surface area contributed by atoms with Crippen molar-refractivity contribution in [2.24, 2.45) is 11.8 Å². The number of hydrogen-bond donors (Lipinski definition) is 1. The standard InChI is InChI=1S/C14H20ClN3O/c1-9(2)10-4-5-18(8-10)14(19)11-6-12(15)13(16-3)17-7-11/h6-7,9-10H,4-5,8H2,1-3H3,(H,16,17). The number of aromatic nitrogens is 1. The molecule has 1 unspecified atom stereocenters. The fourth-order valence-electron chi connectivity index (χ4n) is 2.44. The van der Waals surface area contributed by atoms with E-state index in [0.29, 0.717) is 28.2 Å². The van der Waals surface area contributed by atoms with Crippen LogP contribution in [0.1, 0.15) is 30.6 Å². The first-order chi connectivity index (χ1) is 9.02. The van der Waals surface area contributed by atoms with Gasteiger partial charge in [0, 0.05) is 26.3 Å². The number of likely N-dealkylation sites (tertiary alicyclic amines) is 1. The zero-order valence-corrected chi connectivity index (χ0v) is 12.4. The van der Waals surface area contributed by atoms with Crippen LogP contribution in [0.4, 0.5) is 5.82 Å². The van der Waals surface area contributed by atoms with Gasteiger partial charge in [0.05, 0.1) is 10.6 Å². The van der Waals surface area contributed by atoms with Gasteiger partial charge < -0.3 is 10.2 Å². The molecule has 0 spiro atoms. The summed E-state index contributed by atoms with van der Waals surface area (Å²) in [6.45, 7) is 6.08. The molecule has 1 saturated heterocycles. The third-order valence-electron chi connectivity index (χ3n) is 3.78. The summed E-state index contributed by atoms with van der Waals surface area (Å²) in [5.41, 5.74) is 0.563. The van der Waals surface area contributed by atoms with Gasteiger partial charge in [0.25, 0.3) is 5.91 Å². The van der Waals surface area contributed by atoms with E-state index < -0.39 is 0 Å². The fourth-order valence-corrected chi connectivity index (χ4v) is 2.70. The molecule has 0 aliphatic carbocycles. The molecule has 2 rings (SSSR count). The molecule has 0 saturated carbocycles. The van der Waals surface area contributed by atoms with Gasteiger partial charge in [-0.3, -0.25) is 4.79 Å². The molecule has 104 valence electrons. The Bertz CT molecular complexity index is 476. The minimum absolute atomic E-state index is 0.0280. The molecule has 1 aliphatic heterocycles. The number of nitrogens with zero attached hydrogens (tertiary/aromatic N) is 2. The predicted octanol–water partition coefficient (Wildman–Crippen LogP) is 2.89. The normalized spacial score (nSPS) is 19.0. The van der Waals surface area contributed by atoms with Crippen molar-refractivity contribution in [1.29, 1.82) is 0 Å². The fraction of sp³-hybridized carbons (Fsp3) is 0.571. The second kappa shape index (κ2) is 5.78. The van der Waals surface area contributed by atoms with Crippen LogP contribution in [0.15, 0.2) is 12.3 Å². The van der Waals surface area contributed by atoms with Crippen LogP contribution in [0.5, 0.6) is 0 Å². The van der Waals surface area contributed by atoms with Gasteiger partial charge in [0.1, 0.15) is 5.82 Å². The van der Waals surface area contributed by atoms with E-state index in [1.807, 2.05) is 4.90 Å². The van der Waals surface area contributed by atoms with E-state index in [9.17, 15) is 4.79 Å². The molecule has 1 fully saturated rings. The first kappa shape index (κ1) is 14.1. The summed E-state index contributed by atoms with van der Waals surface area (Å²) in [4.78, 5) is 18.4. The molecular formula is C14H20ClN3O. The highest BCUT2D eigenvalue weighted by Gasteiger charge is 2.28. The minimum Gasteiger partial charge on any atom is -0.372 e. The lowest BCUT2D eigenvalue weighted by molar-refractivity contribution is 0.0783. The van der Waals surface area contributed by atoms with Crippen molar-refractivity contribution in [2.45, 2.75) is 20.3 Å². The van der Waals surface area contributed by atoms with Crippen molar-refractivity contribution in [3.63, 3.8) is 0 Å². The number of amides is 1. The zero-order valence-electron chi connectivity index (χ0n) is 11.6. The molecule has 1 N–H and O–H groups in total. The topological polar surface area (TPSA) is 45.2 Å². The van der Waals surface area contributed by atoms with Crippen LogP contribution in [0.25, 0.3) is 0 Å². The van der Waals surface area contributed by atoms with E-state index >= 15 is 0 Å². The zero-order chi connectivity index (χ0) is 14.0. The third kappa shape index (κ3) is 3.00. The SMILES string of the molecule is CNc1ncc(C(=O)N2CCC(C(C)C)C2)cc1Cl. The van der Waals surface area contributed by atoms with Gasteiger partial charge >= 0.3 is 0 Å². The monoisotopic (exact) mass is 281 g/mol. The molecule has 1 aromatic heterocycles. The molecule has 0 bridgehead atoms. The number of anilines is 1. The van der Waals surface area contributed by atoms with Crippen molar-refractivity contribution in [1.82, 2.24) is 9.88 Å². The largest absolute Gasteiger partial charge is 0.372 e. The Morgan fingerprint density at radius 1 is 1.58 bits per heavy atom. The van der Waals surface area contributed by atoms with Crippen LogP contribution >= 0.6 is 11.6 Å². The van der Waals surface area contributed by atoms with Gasteiger partial charge in [0.2, 0.25) is 0 Å². The minimum atomic E-state index is 0.0280. The Morgan fingerprint density at radius 3 is 2.84 bits per heavy atom. The first-order valence-electron chi connectivity index (χ1n) is 6.65. The van der Waals surface area contributed by atoms with Gasteiger partial charge in [-0.15, -0.1) is 0 Å². The highest BCUT2D eigenvalue weighted by Crippen LogP contribution is 2.26. The molecule has 1 amide bonds. The van der Waals surface area contributed by atoms with Gasteiger partial charge in [0.15, 0.2) is 0 Å². The van der Waals surface area contributed by atoms with Crippen LogP contribution in [0.2, 0.25) is 5.02 Å². The molecule has 19 heavy (non-hydrogen) atoms. The number of pyridine rings is 1. The highest BCUT2D eigenvalue weighted by molar-refractivity contribution is 6.33. The Labute approximate surface area is 119 Å².